The highest BCUT2D eigenvalue weighted by Crippen LogP contribution is 2.21. The van der Waals surface area contributed by atoms with E-state index in [2.05, 4.69) is 6.92 Å². The zero-order valence-electron chi connectivity index (χ0n) is 12.3. The Hall–Kier alpha value is -2.23. The van der Waals surface area contributed by atoms with E-state index in [4.69, 9.17) is 14.2 Å². The Morgan fingerprint density at radius 1 is 0.952 bits per heavy atom. The predicted molar refractivity (Wildman–Crippen MR) is 79.5 cm³/mol. The minimum Gasteiger partial charge on any atom is -0.494 e. The van der Waals surface area contributed by atoms with Gasteiger partial charge < -0.3 is 14.2 Å². The molecule has 21 heavy (non-hydrogen) atoms. The maximum atomic E-state index is 13.6. The molecule has 0 saturated heterocycles. The summed E-state index contributed by atoms with van der Waals surface area (Å²) in [5.41, 5.74) is 0.750. The lowest BCUT2D eigenvalue weighted by Crippen LogP contribution is -1.98. The first-order chi connectivity index (χ1) is 10.2. The maximum absolute atomic E-state index is 13.6. The van der Waals surface area contributed by atoms with Crippen LogP contribution in [0.4, 0.5) is 4.39 Å². The van der Waals surface area contributed by atoms with Gasteiger partial charge in [-0.1, -0.05) is 13.0 Å². The predicted octanol–water partition coefficient (Wildman–Crippen LogP) is 4.20. The van der Waals surface area contributed by atoms with E-state index in [0.717, 1.165) is 23.5 Å². The molecule has 2 aromatic carbocycles. The fourth-order valence-electron chi connectivity index (χ4n) is 1.82. The van der Waals surface area contributed by atoms with Crippen molar-refractivity contribution in [3.63, 3.8) is 0 Å². The monoisotopic (exact) mass is 290 g/mol. The van der Waals surface area contributed by atoms with Crippen molar-refractivity contribution >= 4 is 0 Å². The van der Waals surface area contributed by atoms with Gasteiger partial charge in [-0.15, -0.1) is 0 Å². The van der Waals surface area contributed by atoms with E-state index in [-0.39, 0.29) is 11.6 Å². The second kappa shape index (κ2) is 7.53. The molecule has 0 aliphatic heterocycles. The number of halogens is 1. The Kier molecular flexibility index (Phi) is 5.43. The number of hydrogen-bond acceptors (Lipinski definition) is 3. The highest BCUT2D eigenvalue weighted by Gasteiger charge is 2.04. The molecule has 0 saturated carbocycles. The second-order valence-corrected chi connectivity index (χ2v) is 4.58. The number of hydrogen-bond donors (Lipinski definition) is 0. The van der Waals surface area contributed by atoms with Gasteiger partial charge in [0.1, 0.15) is 18.1 Å². The average molecular weight is 290 g/mol. The largest absolute Gasteiger partial charge is 0.494 e. The lowest BCUT2D eigenvalue weighted by Gasteiger charge is -2.09. The fourth-order valence-corrected chi connectivity index (χ4v) is 1.82. The molecule has 0 atom stereocenters. The molecule has 0 spiro atoms. The van der Waals surface area contributed by atoms with E-state index in [9.17, 15) is 4.39 Å². The lowest BCUT2D eigenvalue weighted by atomic mass is 10.2. The highest BCUT2D eigenvalue weighted by atomic mass is 19.1. The molecule has 0 unspecified atom stereocenters. The molecule has 3 nitrogen and oxygen atoms in total. The van der Waals surface area contributed by atoms with Gasteiger partial charge in [0.05, 0.1) is 13.7 Å². The van der Waals surface area contributed by atoms with Crippen molar-refractivity contribution in [1.29, 1.82) is 0 Å². The fraction of sp³-hybridized carbons (Fsp3) is 0.294. The van der Waals surface area contributed by atoms with E-state index in [1.807, 2.05) is 24.3 Å². The van der Waals surface area contributed by atoms with Crippen LogP contribution in [0.2, 0.25) is 0 Å². The van der Waals surface area contributed by atoms with Crippen molar-refractivity contribution in [3.8, 4) is 17.2 Å². The van der Waals surface area contributed by atoms with Crippen molar-refractivity contribution in [2.45, 2.75) is 20.0 Å². The van der Waals surface area contributed by atoms with Gasteiger partial charge >= 0.3 is 0 Å². The van der Waals surface area contributed by atoms with Crippen LogP contribution in [0.3, 0.4) is 0 Å². The zero-order chi connectivity index (χ0) is 15.1. The number of benzene rings is 2. The third-order valence-electron chi connectivity index (χ3n) is 2.92. The van der Waals surface area contributed by atoms with Crippen LogP contribution in [-0.2, 0) is 6.61 Å². The quantitative estimate of drug-likeness (QED) is 0.765. The SMILES string of the molecule is CCCOc1ccc(OCc2ccc(OC)c(F)c2)cc1. The van der Waals surface area contributed by atoms with Crippen LogP contribution in [0.5, 0.6) is 17.2 Å². The summed E-state index contributed by atoms with van der Waals surface area (Å²) in [5.74, 6) is 1.38. The molecule has 0 heterocycles. The van der Waals surface area contributed by atoms with E-state index >= 15 is 0 Å². The van der Waals surface area contributed by atoms with Crippen LogP contribution in [-0.4, -0.2) is 13.7 Å². The Morgan fingerprint density at radius 2 is 1.62 bits per heavy atom. The van der Waals surface area contributed by atoms with E-state index in [0.29, 0.717) is 13.2 Å². The smallest absolute Gasteiger partial charge is 0.165 e. The molecule has 0 aliphatic carbocycles. The Bertz CT molecular complexity index is 567. The van der Waals surface area contributed by atoms with Gasteiger partial charge in [0, 0.05) is 0 Å². The van der Waals surface area contributed by atoms with Crippen LogP contribution in [0, 0.1) is 5.82 Å². The zero-order valence-corrected chi connectivity index (χ0v) is 12.3. The third kappa shape index (κ3) is 4.38. The maximum Gasteiger partial charge on any atom is 0.165 e. The van der Waals surface area contributed by atoms with Crippen LogP contribution in [0.1, 0.15) is 18.9 Å². The first-order valence-electron chi connectivity index (χ1n) is 6.91. The van der Waals surface area contributed by atoms with Crippen molar-refractivity contribution in [2.75, 3.05) is 13.7 Å². The summed E-state index contributed by atoms with van der Waals surface area (Å²) >= 11 is 0. The van der Waals surface area contributed by atoms with Gasteiger partial charge in [0.25, 0.3) is 0 Å². The molecule has 0 radical (unpaired) electrons. The van der Waals surface area contributed by atoms with Gasteiger partial charge in [-0.05, 0) is 48.4 Å². The standard InChI is InChI=1S/C17H19FO3/c1-3-10-20-14-5-7-15(8-6-14)21-12-13-4-9-17(19-2)16(18)11-13/h4-9,11H,3,10,12H2,1-2H3. The molecular formula is C17H19FO3. The Balaban J connectivity index is 1.92. The van der Waals surface area contributed by atoms with Gasteiger partial charge in [-0.3, -0.25) is 0 Å². The van der Waals surface area contributed by atoms with Crippen LogP contribution in [0.15, 0.2) is 42.5 Å². The Morgan fingerprint density at radius 3 is 2.19 bits per heavy atom. The summed E-state index contributed by atoms with van der Waals surface area (Å²) in [6.45, 7) is 3.06. The van der Waals surface area contributed by atoms with Crippen molar-refractivity contribution in [2.24, 2.45) is 0 Å². The minimum atomic E-state index is -0.387. The van der Waals surface area contributed by atoms with Crippen molar-refractivity contribution in [1.82, 2.24) is 0 Å². The highest BCUT2D eigenvalue weighted by molar-refractivity contribution is 5.32. The second-order valence-electron chi connectivity index (χ2n) is 4.58. The van der Waals surface area contributed by atoms with E-state index in [1.54, 1.807) is 12.1 Å². The van der Waals surface area contributed by atoms with Gasteiger partial charge in [0.15, 0.2) is 11.6 Å². The van der Waals surface area contributed by atoms with Gasteiger partial charge in [-0.25, -0.2) is 4.39 Å². The molecule has 0 aromatic heterocycles. The number of methoxy groups -OCH3 is 1. The van der Waals surface area contributed by atoms with Crippen LogP contribution < -0.4 is 14.2 Å². The van der Waals surface area contributed by atoms with Crippen LogP contribution >= 0.6 is 0 Å². The summed E-state index contributed by atoms with van der Waals surface area (Å²) in [6, 6.07) is 12.2. The normalized spacial score (nSPS) is 10.2. The van der Waals surface area contributed by atoms with Gasteiger partial charge in [-0.2, -0.15) is 0 Å². The van der Waals surface area contributed by atoms with E-state index < -0.39 is 0 Å². The molecule has 0 fully saturated rings. The summed E-state index contributed by atoms with van der Waals surface area (Å²) in [5, 5.41) is 0. The number of ether oxygens (including phenoxy) is 3. The van der Waals surface area contributed by atoms with Crippen molar-refractivity contribution < 1.29 is 18.6 Å². The molecule has 0 bridgehead atoms. The molecule has 4 heteroatoms. The molecular weight excluding hydrogens is 271 g/mol. The molecule has 2 rings (SSSR count). The number of rotatable bonds is 7. The summed E-state index contributed by atoms with van der Waals surface area (Å²) in [4.78, 5) is 0. The topological polar surface area (TPSA) is 27.7 Å². The average Bonchev–Trinajstić information content (AvgIpc) is 2.52. The summed E-state index contributed by atoms with van der Waals surface area (Å²) < 4.78 is 29.5. The van der Waals surface area contributed by atoms with E-state index in [1.165, 1.54) is 13.2 Å². The minimum absolute atomic E-state index is 0.233. The molecule has 2 aromatic rings. The summed E-state index contributed by atoms with van der Waals surface area (Å²) in [6.07, 6.45) is 0.973. The molecule has 112 valence electrons. The first kappa shape index (κ1) is 15.2. The molecule has 0 N–H and O–H groups in total. The van der Waals surface area contributed by atoms with Crippen LogP contribution in [0.25, 0.3) is 0 Å². The van der Waals surface area contributed by atoms with Gasteiger partial charge in [0.2, 0.25) is 0 Å². The lowest BCUT2D eigenvalue weighted by molar-refractivity contribution is 0.300. The van der Waals surface area contributed by atoms with Crippen molar-refractivity contribution in [3.05, 3.63) is 53.8 Å². The molecule has 0 aliphatic rings. The third-order valence-corrected chi connectivity index (χ3v) is 2.92. The molecule has 0 amide bonds. The Labute approximate surface area is 124 Å². The summed E-state index contributed by atoms with van der Waals surface area (Å²) in [7, 11) is 1.44. The first-order valence-corrected chi connectivity index (χ1v) is 6.91.